The number of amides is 1. The highest BCUT2D eigenvalue weighted by molar-refractivity contribution is 5.78. The fourth-order valence-corrected chi connectivity index (χ4v) is 3.44. The van der Waals surface area contributed by atoms with E-state index in [2.05, 4.69) is 56.9 Å². The lowest BCUT2D eigenvalue weighted by molar-refractivity contribution is -0.134. The predicted molar refractivity (Wildman–Crippen MR) is 98.1 cm³/mol. The van der Waals surface area contributed by atoms with Crippen molar-refractivity contribution in [2.24, 2.45) is 0 Å². The van der Waals surface area contributed by atoms with Gasteiger partial charge in [0.15, 0.2) is 0 Å². The smallest absolute Gasteiger partial charge is 0.223 e. The van der Waals surface area contributed by atoms with Crippen molar-refractivity contribution < 1.29 is 9.90 Å². The number of rotatable bonds is 6. The summed E-state index contributed by atoms with van der Waals surface area (Å²) in [4.78, 5) is 17.0. The maximum Gasteiger partial charge on any atom is 0.223 e. The average Bonchev–Trinajstić information content (AvgIpc) is 2.56. The first-order valence-corrected chi connectivity index (χ1v) is 9.07. The molecule has 1 unspecified atom stereocenters. The summed E-state index contributed by atoms with van der Waals surface area (Å²) in [6.07, 6.45) is 1.48. The van der Waals surface area contributed by atoms with Crippen LogP contribution in [0, 0.1) is 6.92 Å². The molecule has 1 aromatic rings. The highest BCUT2D eigenvalue weighted by atomic mass is 16.3. The van der Waals surface area contributed by atoms with E-state index < -0.39 is 0 Å². The van der Waals surface area contributed by atoms with Crippen LogP contribution >= 0.6 is 0 Å². The molecule has 134 valence electrons. The summed E-state index contributed by atoms with van der Waals surface area (Å²) in [5, 5.41) is 9.43. The Morgan fingerprint density at radius 3 is 2.25 bits per heavy atom. The first-order valence-electron chi connectivity index (χ1n) is 9.07. The van der Waals surface area contributed by atoms with Crippen LogP contribution in [0.2, 0.25) is 0 Å². The lowest BCUT2D eigenvalue weighted by Gasteiger charge is -2.39. The van der Waals surface area contributed by atoms with Crippen LogP contribution in [-0.2, 0) is 10.2 Å². The molecule has 1 atom stereocenters. The van der Waals surface area contributed by atoms with Crippen LogP contribution < -0.4 is 0 Å². The van der Waals surface area contributed by atoms with Gasteiger partial charge in [-0.05, 0) is 24.3 Å². The molecule has 1 saturated heterocycles. The molecule has 0 aliphatic carbocycles. The average molecular weight is 332 g/mol. The Balaban J connectivity index is 1.92. The summed E-state index contributed by atoms with van der Waals surface area (Å²) in [6.45, 7) is 11.9. The Hall–Kier alpha value is -1.39. The molecule has 0 spiro atoms. The largest absolute Gasteiger partial charge is 0.395 e. The molecule has 1 amide bonds. The number of hydrogen-bond donors (Lipinski definition) is 1. The molecule has 4 nitrogen and oxygen atoms in total. The van der Waals surface area contributed by atoms with Gasteiger partial charge in [-0.3, -0.25) is 9.69 Å². The van der Waals surface area contributed by atoms with Gasteiger partial charge in [0.1, 0.15) is 0 Å². The first kappa shape index (κ1) is 18.9. The summed E-state index contributed by atoms with van der Waals surface area (Å²) < 4.78 is 0. The van der Waals surface area contributed by atoms with E-state index in [1.54, 1.807) is 0 Å². The number of hydrogen-bond acceptors (Lipinski definition) is 3. The van der Waals surface area contributed by atoms with Gasteiger partial charge in [-0.2, -0.15) is 0 Å². The van der Waals surface area contributed by atoms with E-state index in [4.69, 9.17) is 0 Å². The van der Waals surface area contributed by atoms with Gasteiger partial charge in [0.05, 0.1) is 6.61 Å². The van der Waals surface area contributed by atoms with Crippen LogP contribution in [0.4, 0.5) is 0 Å². The summed E-state index contributed by atoms with van der Waals surface area (Å²) in [5.74, 6) is 0.234. The van der Waals surface area contributed by atoms with Crippen molar-refractivity contribution in [2.45, 2.75) is 52.0 Å². The zero-order valence-corrected chi connectivity index (χ0v) is 15.6. The molecule has 1 aliphatic rings. The van der Waals surface area contributed by atoms with Crippen molar-refractivity contribution in [1.82, 2.24) is 9.80 Å². The number of aryl methyl sites for hydroxylation is 1. The predicted octanol–water partition coefficient (Wildman–Crippen LogP) is 2.58. The molecule has 1 aromatic carbocycles. The van der Waals surface area contributed by atoms with Crippen LogP contribution in [0.25, 0.3) is 0 Å². The second kappa shape index (κ2) is 8.13. The fourth-order valence-electron chi connectivity index (χ4n) is 3.44. The topological polar surface area (TPSA) is 43.8 Å². The van der Waals surface area contributed by atoms with Gasteiger partial charge in [0.2, 0.25) is 5.91 Å². The van der Waals surface area contributed by atoms with Gasteiger partial charge in [0.25, 0.3) is 0 Å². The van der Waals surface area contributed by atoms with Gasteiger partial charge in [-0.25, -0.2) is 0 Å². The standard InChI is InChI=1S/C20H32N2O2/c1-5-18(15-23)21-10-12-22(13-11-21)19(24)14-20(3,4)17-8-6-16(2)7-9-17/h6-9,18,23H,5,10-15H2,1-4H3. The highest BCUT2D eigenvalue weighted by Crippen LogP contribution is 2.28. The molecule has 1 fully saturated rings. The van der Waals surface area contributed by atoms with Crippen LogP contribution in [-0.4, -0.2) is 59.6 Å². The van der Waals surface area contributed by atoms with Gasteiger partial charge in [0, 0.05) is 38.6 Å². The highest BCUT2D eigenvalue weighted by Gasteiger charge is 2.30. The van der Waals surface area contributed by atoms with Crippen molar-refractivity contribution in [1.29, 1.82) is 0 Å². The van der Waals surface area contributed by atoms with Crippen molar-refractivity contribution in [3.63, 3.8) is 0 Å². The second-order valence-electron chi connectivity index (χ2n) is 7.59. The van der Waals surface area contributed by atoms with Crippen LogP contribution in [0.5, 0.6) is 0 Å². The van der Waals surface area contributed by atoms with Crippen molar-refractivity contribution in [3.05, 3.63) is 35.4 Å². The molecule has 1 aliphatic heterocycles. The minimum atomic E-state index is -0.154. The Labute approximate surface area is 146 Å². The Bertz CT molecular complexity index is 527. The maximum absolute atomic E-state index is 12.7. The fraction of sp³-hybridized carbons (Fsp3) is 0.650. The molecule has 1 N–H and O–H groups in total. The number of nitrogens with zero attached hydrogens (tertiary/aromatic N) is 2. The van der Waals surface area contributed by atoms with E-state index in [1.807, 2.05) is 4.90 Å². The number of carbonyl (C=O) groups excluding carboxylic acids is 1. The van der Waals surface area contributed by atoms with Gasteiger partial charge < -0.3 is 10.0 Å². The second-order valence-corrected chi connectivity index (χ2v) is 7.59. The minimum absolute atomic E-state index is 0.154. The van der Waals surface area contributed by atoms with Gasteiger partial charge >= 0.3 is 0 Å². The molecule has 0 radical (unpaired) electrons. The van der Waals surface area contributed by atoms with E-state index in [9.17, 15) is 9.90 Å². The zero-order valence-electron chi connectivity index (χ0n) is 15.6. The van der Waals surface area contributed by atoms with Crippen LogP contribution in [0.1, 0.15) is 44.7 Å². The first-order chi connectivity index (χ1) is 11.4. The van der Waals surface area contributed by atoms with E-state index in [-0.39, 0.29) is 24.0 Å². The maximum atomic E-state index is 12.7. The summed E-state index contributed by atoms with van der Waals surface area (Å²) in [5.41, 5.74) is 2.30. The Morgan fingerprint density at radius 1 is 1.17 bits per heavy atom. The molecule has 4 heteroatoms. The molecule has 24 heavy (non-hydrogen) atoms. The van der Waals surface area contributed by atoms with Crippen LogP contribution in [0.3, 0.4) is 0 Å². The van der Waals surface area contributed by atoms with E-state index in [1.165, 1.54) is 11.1 Å². The van der Waals surface area contributed by atoms with Crippen LogP contribution in [0.15, 0.2) is 24.3 Å². The van der Waals surface area contributed by atoms with Crippen molar-refractivity contribution in [3.8, 4) is 0 Å². The van der Waals surface area contributed by atoms with Crippen molar-refractivity contribution >= 4 is 5.91 Å². The van der Waals surface area contributed by atoms with E-state index >= 15 is 0 Å². The SMILES string of the molecule is CCC(CO)N1CCN(C(=O)CC(C)(C)c2ccc(C)cc2)CC1. The van der Waals surface area contributed by atoms with Gasteiger partial charge in [-0.15, -0.1) is 0 Å². The monoisotopic (exact) mass is 332 g/mol. The number of benzene rings is 1. The molecule has 0 saturated carbocycles. The molecular formula is C20H32N2O2. The Kier molecular flexibility index (Phi) is 6.41. The third-order valence-electron chi connectivity index (χ3n) is 5.29. The number of piperazine rings is 1. The zero-order chi connectivity index (χ0) is 17.7. The summed E-state index contributed by atoms with van der Waals surface area (Å²) in [7, 11) is 0. The van der Waals surface area contributed by atoms with Crippen molar-refractivity contribution in [2.75, 3.05) is 32.8 Å². The quantitative estimate of drug-likeness (QED) is 0.871. The lowest BCUT2D eigenvalue weighted by Crippen LogP contribution is -2.53. The third-order valence-corrected chi connectivity index (χ3v) is 5.29. The summed E-state index contributed by atoms with van der Waals surface area (Å²) >= 11 is 0. The van der Waals surface area contributed by atoms with E-state index in [0.29, 0.717) is 6.42 Å². The normalized spacial score (nSPS) is 17.8. The lowest BCUT2D eigenvalue weighted by atomic mass is 9.81. The molecule has 0 aromatic heterocycles. The third kappa shape index (κ3) is 4.58. The molecule has 1 heterocycles. The number of carbonyl (C=O) groups is 1. The van der Waals surface area contributed by atoms with Gasteiger partial charge in [-0.1, -0.05) is 50.6 Å². The molecular weight excluding hydrogens is 300 g/mol. The minimum Gasteiger partial charge on any atom is -0.395 e. The summed E-state index contributed by atoms with van der Waals surface area (Å²) in [6, 6.07) is 8.72. The number of aliphatic hydroxyl groups excluding tert-OH is 1. The Morgan fingerprint density at radius 2 is 1.75 bits per heavy atom. The van der Waals surface area contributed by atoms with E-state index in [0.717, 1.165) is 32.6 Å². The number of aliphatic hydroxyl groups is 1. The molecule has 2 rings (SSSR count). The molecule has 0 bridgehead atoms.